The van der Waals surface area contributed by atoms with E-state index in [2.05, 4.69) is 10.1 Å². The Morgan fingerprint density at radius 3 is 2.63 bits per heavy atom. The summed E-state index contributed by atoms with van der Waals surface area (Å²) in [6.45, 7) is 0. The summed E-state index contributed by atoms with van der Waals surface area (Å²) in [6, 6.07) is 18.3. The molecule has 0 aliphatic rings. The van der Waals surface area contributed by atoms with E-state index in [1.165, 1.54) is 25.6 Å². The summed E-state index contributed by atoms with van der Waals surface area (Å²) in [5.41, 5.74) is 9.78. The molecule has 0 atom stereocenters. The Morgan fingerprint density at radius 2 is 1.89 bits per heavy atom. The Labute approximate surface area is 222 Å². The molecular formula is C28H22ClFN4O4. The SMILES string of the molecule is COc1cc(-c2c(CCC(=O)O)c(-c3cccc(F)c3)n3ncnc(N)c23)ccc1Oc1cccc(Cl)c1. The second-order valence-electron chi connectivity index (χ2n) is 8.44. The molecule has 0 aliphatic heterocycles. The second kappa shape index (κ2) is 10.4. The number of hydrogen-bond donors (Lipinski definition) is 2. The van der Waals surface area contributed by atoms with Gasteiger partial charge in [-0.25, -0.2) is 13.9 Å². The lowest BCUT2D eigenvalue weighted by Crippen LogP contribution is -2.01. The van der Waals surface area contributed by atoms with Crippen LogP contribution < -0.4 is 15.2 Å². The van der Waals surface area contributed by atoms with E-state index in [1.54, 1.807) is 53.0 Å². The van der Waals surface area contributed by atoms with Gasteiger partial charge in [0.15, 0.2) is 17.3 Å². The summed E-state index contributed by atoms with van der Waals surface area (Å²) >= 11 is 6.09. The number of ether oxygens (including phenoxy) is 2. The molecule has 0 radical (unpaired) electrons. The molecule has 5 rings (SSSR count). The number of methoxy groups -OCH3 is 1. The van der Waals surface area contributed by atoms with Crippen molar-refractivity contribution in [3.05, 3.63) is 89.5 Å². The van der Waals surface area contributed by atoms with Crippen LogP contribution in [-0.4, -0.2) is 32.8 Å². The number of nitrogens with zero attached hydrogens (tertiary/aromatic N) is 3. The molecule has 3 aromatic carbocycles. The molecule has 0 bridgehead atoms. The van der Waals surface area contributed by atoms with Gasteiger partial charge in [-0.1, -0.05) is 35.9 Å². The largest absolute Gasteiger partial charge is 0.493 e. The summed E-state index contributed by atoms with van der Waals surface area (Å²) in [5, 5.41) is 14.4. The van der Waals surface area contributed by atoms with Crippen molar-refractivity contribution in [2.75, 3.05) is 12.8 Å². The first-order chi connectivity index (χ1) is 18.4. The van der Waals surface area contributed by atoms with Gasteiger partial charge in [-0.2, -0.15) is 5.10 Å². The standard InChI is InChI=1S/C28H22ClFN4O4/c1-37-23-13-16(8-10-22(23)38-20-7-3-5-18(29)14-20)25-21(9-11-24(35)36)26(17-4-2-6-19(30)12-17)34-27(25)28(31)32-15-33-34/h2-8,10,12-15H,9,11H2,1H3,(H,35,36)(H2,31,32,33). The van der Waals surface area contributed by atoms with Gasteiger partial charge < -0.3 is 20.3 Å². The molecular weight excluding hydrogens is 511 g/mol. The van der Waals surface area contributed by atoms with Crippen LogP contribution >= 0.6 is 11.6 Å². The van der Waals surface area contributed by atoms with Crippen LogP contribution in [0, 0.1) is 5.82 Å². The first-order valence-corrected chi connectivity index (χ1v) is 12.0. The van der Waals surface area contributed by atoms with Crippen LogP contribution in [0.2, 0.25) is 5.02 Å². The van der Waals surface area contributed by atoms with Gasteiger partial charge in [-0.15, -0.1) is 0 Å². The number of anilines is 1. The molecule has 8 nitrogen and oxygen atoms in total. The summed E-state index contributed by atoms with van der Waals surface area (Å²) in [6.07, 6.45) is 1.29. The fraction of sp³-hybridized carbons (Fsp3) is 0.107. The molecule has 0 saturated heterocycles. The average molecular weight is 533 g/mol. The van der Waals surface area contributed by atoms with Gasteiger partial charge in [-0.3, -0.25) is 4.79 Å². The van der Waals surface area contributed by atoms with Crippen molar-refractivity contribution in [2.45, 2.75) is 12.8 Å². The zero-order chi connectivity index (χ0) is 26.8. The van der Waals surface area contributed by atoms with E-state index in [0.29, 0.717) is 55.7 Å². The fourth-order valence-corrected chi connectivity index (χ4v) is 4.62. The Kier molecular flexibility index (Phi) is 6.85. The topological polar surface area (TPSA) is 112 Å². The molecule has 0 aliphatic carbocycles. The molecule has 5 aromatic rings. The van der Waals surface area contributed by atoms with Crippen LogP contribution in [0.25, 0.3) is 27.9 Å². The van der Waals surface area contributed by atoms with E-state index < -0.39 is 11.8 Å². The average Bonchev–Trinajstić information content (AvgIpc) is 3.23. The molecule has 38 heavy (non-hydrogen) atoms. The van der Waals surface area contributed by atoms with Crippen LogP contribution in [0.3, 0.4) is 0 Å². The third kappa shape index (κ3) is 4.83. The smallest absolute Gasteiger partial charge is 0.303 e. The number of carbonyl (C=O) groups is 1. The molecule has 2 aromatic heterocycles. The predicted octanol–water partition coefficient (Wildman–Crippen LogP) is 6.26. The molecule has 2 heterocycles. The highest BCUT2D eigenvalue weighted by Crippen LogP contribution is 2.43. The van der Waals surface area contributed by atoms with Crippen molar-refractivity contribution in [2.24, 2.45) is 0 Å². The number of rotatable bonds is 8. The predicted molar refractivity (Wildman–Crippen MR) is 142 cm³/mol. The Bertz CT molecular complexity index is 1670. The van der Waals surface area contributed by atoms with Gasteiger partial charge in [0.05, 0.1) is 12.8 Å². The molecule has 0 spiro atoms. The summed E-state index contributed by atoms with van der Waals surface area (Å²) in [4.78, 5) is 15.7. The van der Waals surface area contributed by atoms with Gasteiger partial charge in [0.25, 0.3) is 0 Å². The van der Waals surface area contributed by atoms with E-state index >= 15 is 0 Å². The van der Waals surface area contributed by atoms with E-state index in [-0.39, 0.29) is 18.7 Å². The molecule has 192 valence electrons. The highest BCUT2D eigenvalue weighted by molar-refractivity contribution is 6.30. The maximum Gasteiger partial charge on any atom is 0.303 e. The van der Waals surface area contributed by atoms with Gasteiger partial charge in [0.1, 0.15) is 23.4 Å². The first kappa shape index (κ1) is 25.0. The van der Waals surface area contributed by atoms with Crippen molar-refractivity contribution in [1.82, 2.24) is 14.6 Å². The Hall–Kier alpha value is -4.63. The van der Waals surface area contributed by atoms with Crippen LogP contribution in [0.15, 0.2) is 73.1 Å². The van der Waals surface area contributed by atoms with E-state index in [4.69, 9.17) is 26.8 Å². The molecule has 0 saturated carbocycles. The number of carboxylic acid groups (broad SMARTS) is 1. The molecule has 0 unspecified atom stereocenters. The highest BCUT2D eigenvalue weighted by Gasteiger charge is 2.25. The molecule has 0 fully saturated rings. The van der Waals surface area contributed by atoms with Crippen molar-refractivity contribution in [1.29, 1.82) is 0 Å². The number of nitrogens with two attached hydrogens (primary N) is 1. The number of aliphatic carboxylic acids is 1. The number of aromatic nitrogens is 3. The summed E-state index contributed by atoms with van der Waals surface area (Å²) in [5.74, 6) is 0.184. The zero-order valence-corrected chi connectivity index (χ0v) is 20.9. The van der Waals surface area contributed by atoms with Crippen LogP contribution in [0.4, 0.5) is 10.2 Å². The van der Waals surface area contributed by atoms with Crippen LogP contribution in [-0.2, 0) is 11.2 Å². The highest BCUT2D eigenvalue weighted by atomic mass is 35.5. The summed E-state index contributed by atoms with van der Waals surface area (Å²) < 4.78 is 27.5. The van der Waals surface area contributed by atoms with Gasteiger partial charge in [0.2, 0.25) is 0 Å². The van der Waals surface area contributed by atoms with E-state index in [9.17, 15) is 14.3 Å². The number of hydrogen-bond acceptors (Lipinski definition) is 6. The molecule has 3 N–H and O–H groups in total. The van der Waals surface area contributed by atoms with Crippen molar-refractivity contribution >= 4 is 28.9 Å². The second-order valence-corrected chi connectivity index (χ2v) is 8.87. The fourth-order valence-electron chi connectivity index (χ4n) is 4.44. The quantitative estimate of drug-likeness (QED) is 0.243. The first-order valence-electron chi connectivity index (χ1n) is 11.6. The molecule has 0 amide bonds. The van der Waals surface area contributed by atoms with Gasteiger partial charge in [0, 0.05) is 22.6 Å². The lowest BCUT2D eigenvalue weighted by molar-refractivity contribution is -0.136. The lowest BCUT2D eigenvalue weighted by Gasteiger charge is -2.13. The molecule has 10 heteroatoms. The van der Waals surface area contributed by atoms with Crippen molar-refractivity contribution in [3.8, 4) is 39.6 Å². The third-order valence-corrected chi connectivity index (χ3v) is 6.25. The maximum absolute atomic E-state index is 14.3. The van der Waals surface area contributed by atoms with Crippen LogP contribution in [0.5, 0.6) is 17.2 Å². The van der Waals surface area contributed by atoms with Gasteiger partial charge >= 0.3 is 5.97 Å². The minimum absolute atomic E-state index is 0.141. The van der Waals surface area contributed by atoms with Crippen molar-refractivity contribution < 1.29 is 23.8 Å². The monoisotopic (exact) mass is 532 g/mol. The number of benzene rings is 3. The normalized spacial score (nSPS) is 11.0. The van der Waals surface area contributed by atoms with Crippen LogP contribution in [0.1, 0.15) is 12.0 Å². The minimum Gasteiger partial charge on any atom is -0.493 e. The minimum atomic E-state index is -0.974. The van der Waals surface area contributed by atoms with Crippen molar-refractivity contribution in [3.63, 3.8) is 0 Å². The summed E-state index contributed by atoms with van der Waals surface area (Å²) in [7, 11) is 1.52. The Balaban J connectivity index is 1.73. The Morgan fingerprint density at radius 1 is 1.08 bits per heavy atom. The van der Waals surface area contributed by atoms with E-state index in [0.717, 1.165) is 0 Å². The van der Waals surface area contributed by atoms with Gasteiger partial charge in [-0.05, 0) is 60.0 Å². The number of halogens is 2. The maximum atomic E-state index is 14.3. The van der Waals surface area contributed by atoms with E-state index in [1.807, 2.05) is 6.07 Å². The number of nitrogen functional groups attached to an aromatic ring is 1. The lowest BCUT2D eigenvalue weighted by atomic mass is 9.95. The number of carboxylic acids is 1. The zero-order valence-electron chi connectivity index (χ0n) is 20.2. The number of fused-ring (bicyclic) bond motifs is 1. The third-order valence-electron chi connectivity index (χ3n) is 6.02.